The minimum absolute atomic E-state index is 0.0896. The van der Waals surface area contributed by atoms with Crippen molar-refractivity contribution in [1.29, 1.82) is 0 Å². The van der Waals surface area contributed by atoms with Gasteiger partial charge in [-0.2, -0.15) is 0 Å². The molecule has 1 fully saturated rings. The van der Waals surface area contributed by atoms with Crippen LogP contribution >= 0.6 is 0 Å². The first-order valence-electron chi connectivity index (χ1n) is 8.15. The van der Waals surface area contributed by atoms with Crippen LogP contribution in [0, 0.1) is 0 Å². The van der Waals surface area contributed by atoms with Crippen LogP contribution in [0.5, 0.6) is 0 Å². The summed E-state index contributed by atoms with van der Waals surface area (Å²) < 4.78 is 5.70. The summed E-state index contributed by atoms with van der Waals surface area (Å²) >= 11 is 0. The van der Waals surface area contributed by atoms with Crippen molar-refractivity contribution >= 4 is 17.7 Å². The first-order chi connectivity index (χ1) is 12.1. The first kappa shape index (κ1) is 16.8. The van der Waals surface area contributed by atoms with E-state index in [0.29, 0.717) is 12.2 Å². The molecular weight excluding hydrogens is 322 g/mol. The molecule has 0 bridgehead atoms. The molecule has 0 aliphatic heterocycles. The van der Waals surface area contributed by atoms with Crippen LogP contribution in [0.4, 0.5) is 0 Å². The molecule has 0 unspecified atom stereocenters. The van der Waals surface area contributed by atoms with Crippen LogP contribution < -0.4 is 16.2 Å². The summed E-state index contributed by atoms with van der Waals surface area (Å²) in [6, 6.07) is 13.4. The van der Waals surface area contributed by atoms with E-state index < -0.39 is 17.7 Å². The third-order valence-electron chi connectivity index (χ3n) is 3.75. The van der Waals surface area contributed by atoms with Crippen LogP contribution in [0.2, 0.25) is 0 Å². The van der Waals surface area contributed by atoms with Crippen LogP contribution in [0.15, 0.2) is 46.9 Å². The van der Waals surface area contributed by atoms with Gasteiger partial charge in [0.15, 0.2) is 0 Å². The normalized spacial score (nSPS) is 13.1. The number of aryl methyl sites for hydroxylation is 1. The molecule has 7 nitrogen and oxygen atoms in total. The average Bonchev–Trinajstić information content (AvgIpc) is 3.32. The van der Waals surface area contributed by atoms with Crippen LogP contribution in [-0.2, 0) is 20.8 Å². The molecule has 0 radical (unpaired) electrons. The zero-order chi connectivity index (χ0) is 17.6. The van der Waals surface area contributed by atoms with Crippen LogP contribution in [0.25, 0.3) is 11.3 Å². The molecule has 1 saturated carbocycles. The lowest BCUT2D eigenvalue weighted by Gasteiger charge is -2.06. The van der Waals surface area contributed by atoms with Crippen molar-refractivity contribution in [2.24, 2.45) is 0 Å². The smallest absolute Gasteiger partial charge is 0.327 e. The van der Waals surface area contributed by atoms with Gasteiger partial charge in [-0.05, 0) is 25.0 Å². The molecule has 0 spiro atoms. The molecule has 1 heterocycles. The summed E-state index contributed by atoms with van der Waals surface area (Å²) in [4.78, 5) is 34.7. The summed E-state index contributed by atoms with van der Waals surface area (Å²) in [6.45, 7) is 0. The number of hydrogen-bond donors (Lipinski definition) is 3. The molecule has 130 valence electrons. The Balaban J connectivity index is 1.41. The highest BCUT2D eigenvalue weighted by atomic mass is 16.3. The van der Waals surface area contributed by atoms with Gasteiger partial charge in [-0.25, -0.2) is 0 Å². The highest BCUT2D eigenvalue weighted by Crippen LogP contribution is 2.22. The van der Waals surface area contributed by atoms with E-state index in [9.17, 15) is 14.4 Å². The van der Waals surface area contributed by atoms with E-state index in [0.717, 1.165) is 24.2 Å². The zero-order valence-electron chi connectivity index (χ0n) is 13.6. The van der Waals surface area contributed by atoms with Gasteiger partial charge in [0, 0.05) is 24.4 Å². The van der Waals surface area contributed by atoms with Gasteiger partial charge in [-0.15, -0.1) is 0 Å². The molecule has 7 heteroatoms. The lowest BCUT2D eigenvalue weighted by atomic mass is 10.2. The van der Waals surface area contributed by atoms with Gasteiger partial charge in [-0.3, -0.25) is 25.2 Å². The van der Waals surface area contributed by atoms with Crippen molar-refractivity contribution in [2.45, 2.75) is 31.7 Å². The maximum absolute atomic E-state index is 11.8. The van der Waals surface area contributed by atoms with E-state index in [1.165, 1.54) is 0 Å². The Hall–Kier alpha value is -3.09. The Morgan fingerprint density at radius 2 is 1.72 bits per heavy atom. The molecule has 3 N–H and O–H groups in total. The highest BCUT2D eigenvalue weighted by molar-refractivity contribution is 6.35. The van der Waals surface area contributed by atoms with Gasteiger partial charge in [0.25, 0.3) is 0 Å². The maximum Gasteiger partial charge on any atom is 0.327 e. The predicted molar refractivity (Wildman–Crippen MR) is 89.9 cm³/mol. The third-order valence-corrected chi connectivity index (χ3v) is 3.75. The number of carbonyl (C=O) groups is 3. The van der Waals surface area contributed by atoms with E-state index in [1.54, 1.807) is 0 Å². The fourth-order valence-corrected chi connectivity index (χ4v) is 2.23. The van der Waals surface area contributed by atoms with Gasteiger partial charge in [0.2, 0.25) is 5.91 Å². The van der Waals surface area contributed by atoms with E-state index in [-0.39, 0.29) is 12.5 Å². The molecule has 1 aromatic carbocycles. The third kappa shape index (κ3) is 4.94. The minimum Gasteiger partial charge on any atom is -0.461 e. The molecular formula is C18H19N3O4. The number of benzene rings is 1. The summed E-state index contributed by atoms with van der Waals surface area (Å²) in [5, 5.41) is 2.54. The summed E-state index contributed by atoms with van der Waals surface area (Å²) in [7, 11) is 0. The first-order valence-corrected chi connectivity index (χ1v) is 8.15. The van der Waals surface area contributed by atoms with Crippen molar-refractivity contribution < 1.29 is 18.8 Å². The van der Waals surface area contributed by atoms with E-state index in [2.05, 4.69) is 16.2 Å². The molecule has 25 heavy (non-hydrogen) atoms. The van der Waals surface area contributed by atoms with Crippen molar-refractivity contribution in [3.05, 3.63) is 48.2 Å². The van der Waals surface area contributed by atoms with Gasteiger partial charge < -0.3 is 9.73 Å². The monoisotopic (exact) mass is 341 g/mol. The molecule has 1 aliphatic carbocycles. The number of amides is 3. The van der Waals surface area contributed by atoms with Gasteiger partial charge in [0.05, 0.1) is 0 Å². The van der Waals surface area contributed by atoms with Gasteiger partial charge in [-0.1, -0.05) is 30.3 Å². The Morgan fingerprint density at radius 3 is 2.44 bits per heavy atom. The topological polar surface area (TPSA) is 100 Å². The predicted octanol–water partition coefficient (Wildman–Crippen LogP) is 1.31. The standard InChI is InChI=1S/C18H19N3O4/c22-16(20-21-18(24)17(23)19-13-6-7-13)11-9-14-8-10-15(25-14)12-4-2-1-3-5-12/h1-5,8,10,13H,6-7,9,11H2,(H,19,23)(H,20,22)(H,21,24). The number of furan rings is 1. The minimum atomic E-state index is -0.871. The van der Waals surface area contributed by atoms with Crippen molar-refractivity contribution in [2.75, 3.05) is 0 Å². The Bertz CT molecular complexity index is 766. The zero-order valence-corrected chi connectivity index (χ0v) is 13.6. The van der Waals surface area contributed by atoms with Crippen molar-refractivity contribution in [1.82, 2.24) is 16.2 Å². The lowest BCUT2D eigenvalue weighted by Crippen LogP contribution is -2.49. The summed E-state index contributed by atoms with van der Waals surface area (Å²) in [5.74, 6) is -0.593. The Morgan fingerprint density at radius 1 is 0.960 bits per heavy atom. The van der Waals surface area contributed by atoms with Crippen molar-refractivity contribution in [3.8, 4) is 11.3 Å². The van der Waals surface area contributed by atoms with Gasteiger partial charge in [0.1, 0.15) is 11.5 Å². The number of hydrazine groups is 1. The fraction of sp³-hybridized carbons (Fsp3) is 0.278. The van der Waals surface area contributed by atoms with E-state index in [4.69, 9.17) is 4.42 Å². The van der Waals surface area contributed by atoms with Crippen molar-refractivity contribution in [3.63, 3.8) is 0 Å². The molecule has 1 aliphatic rings. The molecule has 3 rings (SSSR count). The van der Waals surface area contributed by atoms with Crippen LogP contribution in [0.1, 0.15) is 25.0 Å². The number of hydrogen-bond acceptors (Lipinski definition) is 4. The van der Waals surface area contributed by atoms with Crippen LogP contribution in [-0.4, -0.2) is 23.8 Å². The second-order valence-electron chi connectivity index (χ2n) is 5.88. The second kappa shape index (κ2) is 7.65. The number of carbonyl (C=O) groups excluding carboxylic acids is 3. The SMILES string of the molecule is O=C(CCc1ccc(-c2ccccc2)o1)NNC(=O)C(=O)NC1CC1. The quantitative estimate of drug-likeness (QED) is 0.564. The lowest BCUT2D eigenvalue weighted by molar-refractivity contribution is -0.141. The Kier molecular flexibility index (Phi) is 5.13. The average molecular weight is 341 g/mol. The maximum atomic E-state index is 11.8. The Labute approximate surface area is 144 Å². The van der Waals surface area contributed by atoms with Gasteiger partial charge >= 0.3 is 11.8 Å². The molecule has 0 atom stereocenters. The fourth-order valence-electron chi connectivity index (χ4n) is 2.23. The largest absolute Gasteiger partial charge is 0.461 e. The number of nitrogens with one attached hydrogen (secondary N) is 3. The number of rotatable bonds is 5. The van der Waals surface area contributed by atoms with E-state index in [1.807, 2.05) is 42.5 Å². The van der Waals surface area contributed by atoms with Crippen LogP contribution in [0.3, 0.4) is 0 Å². The van der Waals surface area contributed by atoms with E-state index >= 15 is 0 Å². The second-order valence-corrected chi connectivity index (χ2v) is 5.88. The molecule has 1 aromatic heterocycles. The molecule has 0 saturated heterocycles. The summed E-state index contributed by atoms with van der Waals surface area (Å²) in [6.07, 6.45) is 2.30. The molecule has 3 amide bonds. The highest BCUT2D eigenvalue weighted by Gasteiger charge is 2.26. The summed E-state index contributed by atoms with van der Waals surface area (Å²) in [5.41, 5.74) is 5.29. The molecule has 2 aromatic rings.